The van der Waals surface area contributed by atoms with Crippen molar-refractivity contribution in [2.75, 3.05) is 19.6 Å². The molecule has 0 aromatic heterocycles. The van der Waals surface area contributed by atoms with E-state index in [4.69, 9.17) is 11.6 Å². The largest absolute Gasteiger partial charge is 0.355 e. The number of halogens is 2. The number of carbonyl (C=O) groups excluding carboxylic acids is 1. The lowest BCUT2D eigenvalue weighted by atomic mass is 9.83. The zero-order chi connectivity index (χ0) is 14.6. The van der Waals surface area contributed by atoms with Crippen LogP contribution in [0.3, 0.4) is 0 Å². The van der Waals surface area contributed by atoms with Gasteiger partial charge in [0, 0.05) is 11.6 Å². The van der Waals surface area contributed by atoms with Gasteiger partial charge >= 0.3 is 0 Å². The zero-order valence-electron chi connectivity index (χ0n) is 12.6. The number of amides is 1. The standard InChI is InChI=1S/C16H23ClN2O.ClH/c1-16(2,13-7-3-4-8-14(13)17)15(20)19-11-12-6-5-9-18-10-12;/h3-4,7-8,12,18H,5-6,9-11H2,1-2H3,(H,19,20);1H. The molecular weight excluding hydrogens is 307 g/mol. The average molecular weight is 331 g/mol. The number of carbonyl (C=O) groups is 1. The summed E-state index contributed by atoms with van der Waals surface area (Å²) in [6.07, 6.45) is 2.37. The lowest BCUT2D eigenvalue weighted by Gasteiger charge is -2.28. The molecule has 1 heterocycles. The van der Waals surface area contributed by atoms with Gasteiger partial charge in [0.2, 0.25) is 5.91 Å². The van der Waals surface area contributed by atoms with Crippen molar-refractivity contribution < 1.29 is 4.79 Å². The molecule has 2 N–H and O–H groups in total. The van der Waals surface area contributed by atoms with E-state index in [1.165, 1.54) is 12.8 Å². The van der Waals surface area contributed by atoms with Crippen molar-refractivity contribution >= 4 is 29.9 Å². The SMILES string of the molecule is CC(C)(C(=O)NCC1CCCNC1)c1ccccc1Cl.Cl. The van der Waals surface area contributed by atoms with Crippen molar-refractivity contribution in [1.29, 1.82) is 0 Å². The number of nitrogens with one attached hydrogen (secondary N) is 2. The van der Waals surface area contributed by atoms with E-state index in [9.17, 15) is 4.79 Å². The first-order chi connectivity index (χ1) is 9.51. The molecule has 0 saturated carbocycles. The van der Waals surface area contributed by atoms with Gasteiger partial charge in [0.1, 0.15) is 0 Å². The maximum Gasteiger partial charge on any atom is 0.230 e. The Kier molecular flexibility index (Phi) is 6.98. The molecule has 1 unspecified atom stereocenters. The van der Waals surface area contributed by atoms with Gasteiger partial charge in [-0.2, -0.15) is 0 Å². The van der Waals surface area contributed by atoms with E-state index in [-0.39, 0.29) is 18.3 Å². The number of hydrogen-bond donors (Lipinski definition) is 2. The van der Waals surface area contributed by atoms with E-state index in [1.54, 1.807) is 0 Å². The second-order valence-electron chi connectivity index (χ2n) is 6.03. The molecule has 1 aliphatic rings. The highest BCUT2D eigenvalue weighted by atomic mass is 35.5. The first kappa shape index (κ1) is 18.3. The number of rotatable bonds is 4. The maximum absolute atomic E-state index is 12.5. The Morgan fingerprint density at radius 3 is 2.76 bits per heavy atom. The van der Waals surface area contributed by atoms with Crippen molar-refractivity contribution in [2.45, 2.75) is 32.1 Å². The summed E-state index contributed by atoms with van der Waals surface area (Å²) in [5, 5.41) is 7.09. The molecule has 1 aliphatic heterocycles. The molecule has 5 heteroatoms. The Morgan fingerprint density at radius 1 is 1.43 bits per heavy atom. The molecular formula is C16H24Cl2N2O. The van der Waals surface area contributed by atoms with Gasteiger partial charge < -0.3 is 10.6 Å². The summed E-state index contributed by atoms with van der Waals surface area (Å²) < 4.78 is 0. The van der Waals surface area contributed by atoms with Crippen molar-refractivity contribution in [3.8, 4) is 0 Å². The van der Waals surface area contributed by atoms with Crippen LogP contribution in [0.4, 0.5) is 0 Å². The van der Waals surface area contributed by atoms with Crippen LogP contribution in [0.5, 0.6) is 0 Å². The maximum atomic E-state index is 12.5. The first-order valence-corrected chi connectivity index (χ1v) is 7.63. The fraction of sp³-hybridized carbons (Fsp3) is 0.562. The molecule has 2 rings (SSSR count). The summed E-state index contributed by atoms with van der Waals surface area (Å²) in [5.74, 6) is 0.575. The van der Waals surface area contributed by atoms with Gasteiger partial charge in [-0.15, -0.1) is 12.4 Å². The van der Waals surface area contributed by atoms with Crippen LogP contribution in [0.15, 0.2) is 24.3 Å². The van der Waals surface area contributed by atoms with Crippen LogP contribution in [-0.4, -0.2) is 25.5 Å². The fourth-order valence-electron chi connectivity index (χ4n) is 2.65. The second-order valence-corrected chi connectivity index (χ2v) is 6.43. The van der Waals surface area contributed by atoms with Gasteiger partial charge in [0.05, 0.1) is 5.41 Å². The lowest BCUT2D eigenvalue weighted by molar-refractivity contribution is -0.125. The molecule has 21 heavy (non-hydrogen) atoms. The van der Waals surface area contributed by atoms with E-state index in [0.717, 1.165) is 25.2 Å². The minimum Gasteiger partial charge on any atom is -0.355 e. The van der Waals surface area contributed by atoms with Crippen molar-refractivity contribution in [3.63, 3.8) is 0 Å². The Bertz CT molecular complexity index is 471. The van der Waals surface area contributed by atoms with Crippen molar-refractivity contribution in [2.24, 2.45) is 5.92 Å². The summed E-state index contributed by atoms with van der Waals surface area (Å²) in [7, 11) is 0. The minimum absolute atomic E-state index is 0. The van der Waals surface area contributed by atoms with Gasteiger partial charge in [-0.25, -0.2) is 0 Å². The molecule has 0 aliphatic carbocycles. The normalized spacial score (nSPS) is 18.7. The van der Waals surface area contributed by atoms with Crippen LogP contribution in [0.2, 0.25) is 5.02 Å². The highest BCUT2D eigenvalue weighted by Crippen LogP contribution is 2.29. The molecule has 3 nitrogen and oxygen atoms in total. The Morgan fingerprint density at radius 2 is 2.14 bits per heavy atom. The third-order valence-electron chi connectivity index (χ3n) is 4.07. The third kappa shape index (κ3) is 4.60. The highest BCUT2D eigenvalue weighted by Gasteiger charge is 2.31. The Labute approximate surface area is 138 Å². The summed E-state index contributed by atoms with van der Waals surface area (Å²) in [6, 6.07) is 7.55. The molecule has 1 aromatic rings. The van der Waals surface area contributed by atoms with Crippen LogP contribution < -0.4 is 10.6 Å². The molecule has 1 atom stereocenters. The van der Waals surface area contributed by atoms with Crippen LogP contribution in [0.1, 0.15) is 32.3 Å². The molecule has 1 amide bonds. The predicted octanol–water partition coefficient (Wildman–Crippen LogP) is 3.16. The summed E-state index contributed by atoms with van der Waals surface area (Å²) in [5.41, 5.74) is 0.265. The predicted molar refractivity (Wildman–Crippen MR) is 90.3 cm³/mol. The van der Waals surface area contributed by atoms with Crippen molar-refractivity contribution in [3.05, 3.63) is 34.9 Å². The Balaban J connectivity index is 0.00000220. The van der Waals surface area contributed by atoms with E-state index < -0.39 is 5.41 Å². The molecule has 1 fully saturated rings. The van der Waals surface area contributed by atoms with Gasteiger partial charge in [0.25, 0.3) is 0 Å². The molecule has 0 radical (unpaired) electrons. The molecule has 0 spiro atoms. The number of piperidine rings is 1. The van der Waals surface area contributed by atoms with Crippen molar-refractivity contribution in [1.82, 2.24) is 10.6 Å². The van der Waals surface area contributed by atoms with Gasteiger partial charge in [-0.3, -0.25) is 4.79 Å². The summed E-state index contributed by atoms with van der Waals surface area (Å²) in [6.45, 7) is 6.66. The summed E-state index contributed by atoms with van der Waals surface area (Å²) in [4.78, 5) is 12.5. The molecule has 1 saturated heterocycles. The molecule has 118 valence electrons. The molecule has 1 aromatic carbocycles. The highest BCUT2D eigenvalue weighted by molar-refractivity contribution is 6.31. The van der Waals surface area contributed by atoms with Gasteiger partial charge in [0.15, 0.2) is 0 Å². The quantitative estimate of drug-likeness (QED) is 0.890. The van der Waals surface area contributed by atoms with E-state index in [2.05, 4.69) is 10.6 Å². The monoisotopic (exact) mass is 330 g/mol. The van der Waals surface area contributed by atoms with E-state index in [0.29, 0.717) is 10.9 Å². The van der Waals surface area contributed by atoms with Crippen LogP contribution >= 0.6 is 24.0 Å². The topological polar surface area (TPSA) is 41.1 Å². The third-order valence-corrected chi connectivity index (χ3v) is 4.39. The lowest BCUT2D eigenvalue weighted by Crippen LogP contribution is -2.44. The average Bonchev–Trinajstić information content (AvgIpc) is 2.46. The van der Waals surface area contributed by atoms with E-state index >= 15 is 0 Å². The number of hydrogen-bond acceptors (Lipinski definition) is 2. The first-order valence-electron chi connectivity index (χ1n) is 7.26. The zero-order valence-corrected chi connectivity index (χ0v) is 14.2. The molecule has 0 bridgehead atoms. The van der Waals surface area contributed by atoms with Crippen LogP contribution in [0.25, 0.3) is 0 Å². The minimum atomic E-state index is -0.611. The fourth-order valence-corrected chi connectivity index (χ4v) is 3.02. The smallest absolute Gasteiger partial charge is 0.230 e. The van der Waals surface area contributed by atoms with Crippen LogP contribution in [-0.2, 0) is 10.2 Å². The Hall–Kier alpha value is -0.770. The summed E-state index contributed by atoms with van der Waals surface area (Å²) >= 11 is 6.21. The van der Waals surface area contributed by atoms with Crippen LogP contribution in [0, 0.1) is 5.92 Å². The van der Waals surface area contributed by atoms with E-state index in [1.807, 2.05) is 38.1 Å². The van der Waals surface area contributed by atoms with Gasteiger partial charge in [-0.05, 0) is 57.3 Å². The van der Waals surface area contributed by atoms with Gasteiger partial charge in [-0.1, -0.05) is 29.8 Å². The number of benzene rings is 1. The second kappa shape index (κ2) is 8.02.